The van der Waals surface area contributed by atoms with Gasteiger partial charge in [-0.15, -0.1) is 0 Å². The molecule has 0 atom stereocenters. The van der Waals surface area contributed by atoms with E-state index in [0.717, 1.165) is 17.7 Å². The summed E-state index contributed by atoms with van der Waals surface area (Å²) in [7, 11) is 0. The number of rotatable bonds is 3. The van der Waals surface area contributed by atoms with Gasteiger partial charge in [0.2, 0.25) is 0 Å². The molecule has 1 aliphatic rings. The smallest absolute Gasteiger partial charge is 0.294 e. The minimum Gasteiger partial charge on any atom is -0.452 e. The van der Waals surface area contributed by atoms with Crippen LogP contribution in [0.5, 0.6) is 0 Å². The van der Waals surface area contributed by atoms with E-state index in [9.17, 15) is 0 Å². The van der Waals surface area contributed by atoms with Crippen LogP contribution in [0.3, 0.4) is 0 Å². The average molecular weight is 408 g/mol. The van der Waals surface area contributed by atoms with Gasteiger partial charge >= 0.3 is 0 Å². The number of benzene rings is 3. The van der Waals surface area contributed by atoms with Gasteiger partial charge in [0.25, 0.3) is 5.82 Å². The molecule has 0 radical (unpaired) electrons. The molecule has 154 valence electrons. The van der Waals surface area contributed by atoms with E-state index in [4.69, 9.17) is 4.42 Å². The van der Waals surface area contributed by atoms with Crippen molar-refractivity contribution in [3.63, 3.8) is 0 Å². The third-order valence-electron chi connectivity index (χ3n) is 6.66. The van der Waals surface area contributed by atoms with Crippen LogP contribution in [0, 0.1) is 0 Å². The molecule has 1 aliphatic heterocycles. The first-order valence-corrected chi connectivity index (χ1v) is 11.2. The monoisotopic (exact) mass is 407 g/mol. The Hall–Kier alpha value is -3.33. The van der Waals surface area contributed by atoms with E-state index in [1.165, 1.54) is 44.5 Å². The zero-order valence-corrected chi connectivity index (χ0v) is 18.5. The number of para-hydroxylation sites is 1. The first kappa shape index (κ1) is 18.4. The molecule has 5 aromatic rings. The minimum absolute atomic E-state index is 0.379. The van der Waals surface area contributed by atoms with Gasteiger partial charge in [0.15, 0.2) is 11.3 Å². The van der Waals surface area contributed by atoms with Gasteiger partial charge in [-0.2, -0.15) is 4.57 Å². The highest BCUT2D eigenvalue weighted by atomic mass is 16.3. The predicted octanol–water partition coefficient (Wildman–Crippen LogP) is 6.94. The molecule has 0 spiro atoms. The Morgan fingerprint density at radius 1 is 0.903 bits per heavy atom. The minimum atomic E-state index is 0.379. The molecule has 0 saturated heterocycles. The Balaban J connectivity index is 1.77. The lowest BCUT2D eigenvalue weighted by atomic mass is 9.90. The van der Waals surface area contributed by atoms with E-state index in [2.05, 4.69) is 104 Å². The summed E-state index contributed by atoms with van der Waals surface area (Å²) < 4.78 is 11.3. The van der Waals surface area contributed by atoms with Gasteiger partial charge in [-0.25, -0.2) is 4.57 Å². The van der Waals surface area contributed by atoms with Crippen molar-refractivity contribution in [1.29, 1.82) is 0 Å². The number of aromatic nitrogens is 2. The highest BCUT2D eigenvalue weighted by molar-refractivity contribution is 6.10. The Kier molecular flexibility index (Phi) is 3.92. The Morgan fingerprint density at radius 2 is 1.65 bits per heavy atom. The van der Waals surface area contributed by atoms with E-state index >= 15 is 0 Å². The van der Waals surface area contributed by atoms with Gasteiger partial charge in [0.05, 0.1) is 5.56 Å². The second-order valence-electron chi connectivity index (χ2n) is 9.29. The normalized spacial score (nSPS) is 13.0. The second kappa shape index (κ2) is 6.58. The molecule has 3 heterocycles. The molecule has 3 heteroatoms. The molecule has 0 N–H and O–H groups in total. The maximum atomic E-state index is 6.61. The summed E-state index contributed by atoms with van der Waals surface area (Å²) in [5.41, 5.74) is 8.51. The van der Waals surface area contributed by atoms with Crippen LogP contribution in [0.2, 0.25) is 0 Å². The van der Waals surface area contributed by atoms with Crippen molar-refractivity contribution >= 4 is 21.9 Å². The van der Waals surface area contributed by atoms with Gasteiger partial charge in [0.1, 0.15) is 24.5 Å². The van der Waals surface area contributed by atoms with E-state index < -0.39 is 0 Å². The molecule has 31 heavy (non-hydrogen) atoms. The zero-order valence-electron chi connectivity index (χ0n) is 18.5. The second-order valence-corrected chi connectivity index (χ2v) is 9.29. The van der Waals surface area contributed by atoms with Crippen LogP contribution < -0.4 is 4.57 Å². The third kappa shape index (κ3) is 2.56. The van der Waals surface area contributed by atoms with Crippen LogP contribution in [0.4, 0.5) is 0 Å². The Morgan fingerprint density at radius 3 is 2.45 bits per heavy atom. The fraction of sp³-hybridized carbons (Fsp3) is 0.250. The molecule has 3 aromatic carbocycles. The number of fused-ring (bicyclic) bond motifs is 6. The standard InChI is InChI=1S/C28H27N2O/c1-17(2)22-15-23(18(3)4)26(27-25(22)21-11-7-8-12-24(21)31-27)30-14-13-29-16-19-9-5-6-10-20(19)28(29)30/h5-15,17-18H,16H2,1-4H3/q+1. The van der Waals surface area contributed by atoms with Gasteiger partial charge in [-0.05, 0) is 29.5 Å². The molecule has 0 bridgehead atoms. The summed E-state index contributed by atoms with van der Waals surface area (Å²) in [6.45, 7) is 10.0. The molecule has 2 aromatic heterocycles. The average Bonchev–Trinajstić information content (AvgIpc) is 3.44. The zero-order chi connectivity index (χ0) is 21.3. The summed E-state index contributed by atoms with van der Waals surface area (Å²) in [6.07, 6.45) is 4.40. The highest BCUT2D eigenvalue weighted by Crippen LogP contribution is 2.43. The summed E-state index contributed by atoms with van der Waals surface area (Å²) in [4.78, 5) is 0. The number of imidazole rings is 1. The lowest BCUT2D eigenvalue weighted by Crippen LogP contribution is -2.30. The Bertz CT molecular complexity index is 1470. The number of nitrogens with zero attached hydrogens (tertiary/aromatic N) is 2. The van der Waals surface area contributed by atoms with Gasteiger partial charge in [-0.1, -0.05) is 70.2 Å². The third-order valence-corrected chi connectivity index (χ3v) is 6.66. The van der Waals surface area contributed by atoms with Crippen LogP contribution in [-0.4, -0.2) is 4.57 Å². The summed E-state index contributed by atoms with van der Waals surface area (Å²) in [5.74, 6) is 2.03. The lowest BCUT2D eigenvalue weighted by Gasteiger charge is -2.16. The van der Waals surface area contributed by atoms with Crippen LogP contribution in [-0.2, 0) is 6.54 Å². The highest BCUT2D eigenvalue weighted by Gasteiger charge is 2.33. The number of furan rings is 1. The molecule has 0 unspecified atom stereocenters. The maximum Gasteiger partial charge on any atom is 0.294 e. The predicted molar refractivity (Wildman–Crippen MR) is 126 cm³/mol. The van der Waals surface area contributed by atoms with Crippen molar-refractivity contribution in [3.8, 4) is 17.1 Å². The SMILES string of the molecule is CC(C)c1cc(C(C)C)c2c(oc3ccccc32)c1-n1cc[n+]2c1-c1ccccc1C2. The fourth-order valence-electron chi connectivity index (χ4n) is 5.16. The van der Waals surface area contributed by atoms with Crippen molar-refractivity contribution in [2.75, 3.05) is 0 Å². The topological polar surface area (TPSA) is 21.9 Å². The van der Waals surface area contributed by atoms with Gasteiger partial charge in [0, 0.05) is 21.9 Å². The quantitative estimate of drug-likeness (QED) is 0.291. The molecule has 0 aliphatic carbocycles. The molecule has 3 nitrogen and oxygen atoms in total. The molecule has 6 rings (SSSR count). The molecule has 0 fully saturated rings. The number of hydrogen-bond acceptors (Lipinski definition) is 1. The molecular weight excluding hydrogens is 380 g/mol. The lowest BCUT2D eigenvalue weighted by molar-refractivity contribution is -0.671. The van der Waals surface area contributed by atoms with Crippen molar-refractivity contribution in [3.05, 3.63) is 83.7 Å². The summed E-state index contributed by atoms with van der Waals surface area (Å²) in [5, 5.41) is 2.46. The van der Waals surface area contributed by atoms with E-state index in [-0.39, 0.29) is 0 Å². The largest absolute Gasteiger partial charge is 0.452 e. The maximum absolute atomic E-state index is 6.61. The Labute approximate surface area is 182 Å². The van der Waals surface area contributed by atoms with E-state index in [1.807, 2.05) is 0 Å². The van der Waals surface area contributed by atoms with Crippen LogP contribution in [0.1, 0.15) is 56.2 Å². The molecular formula is C28H27N2O+. The summed E-state index contributed by atoms with van der Waals surface area (Å²) >= 11 is 0. The van der Waals surface area contributed by atoms with E-state index in [1.54, 1.807) is 0 Å². The number of hydrogen-bond donors (Lipinski definition) is 0. The van der Waals surface area contributed by atoms with Crippen LogP contribution in [0.15, 0.2) is 71.4 Å². The van der Waals surface area contributed by atoms with Crippen molar-refractivity contribution in [1.82, 2.24) is 4.57 Å². The van der Waals surface area contributed by atoms with Crippen LogP contribution in [0.25, 0.3) is 39.0 Å². The van der Waals surface area contributed by atoms with Gasteiger partial charge < -0.3 is 4.42 Å². The summed E-state index contributed by atoms with van der Waals surface area (Å²) in [6, 6.07) is 19.6. The van der Waals surface area contributed by atoms with Crippen molar-refractivity contribution < 1.29 is 8.98 Å². The van der Waals surface area contributed by atoms with E-state index in [0.29, 0.717) is 11.8 Å². The first-order chi connectivity index (χ1) is 15.0. The van der Waals surface area contributed by atoms with Gasteiger partial charge in [-0.3, -0.25) is 0 Å². The van der Waals surface area contributed by atoms with Crippen LogP contribution >= 0.6 is 0 Å². The molecule has 0 amide bonds. The van der Waals surface area contributed by atoms with Crippen molar-refractivity contribution in [2.45, 2.75) is 46.1 Å². The first-order valence-electron chi connectivity index (χ1n) is 11.2. The fourth-order valence-corrected chi connectivity index (χ4v) is 5.16. The molecule has 0 saturated carbocycles. The van der Waals surface area contributed by atoms with Crippen molar-refractivity contribution in [2.24, 2.45) is 0 Å².